The predicted molar refractivity (Wildman–Crippen MR) is 146 cm³/mol. The molecule has 6 heteroatoms. The molecule has 6 nitrogen and oxygen atoms in total. The Bertz CT molecular complexity index is 1160. The minimum absolute atomic E-state index is 0.268. The summed E-state index contributed by atoms with van der Waals surface area (Å²) in [6.07, 6.45) is 8.96. The second-order valence-electron chi connectivity index (χ2n) is 8.70. The lowest BCUT2D eigenvalue weighted by atomic mass is 10.1. The van der Waals surface area contributed by atoms with Gasteiger partial charge in [-0.3, -0.25) is 9.59 Å². The van der Waals surface area contributed by atoms with E-state index in [2.05, 4.69) is 22.8 Å². The molecule has 36 heavy (non-hydrogen) atoms. The maximum Gasteiger partial charge on any atom is 0.273 e. The molecule has 2 N–H and O–H groups in total. The topological polar surface area (TPSA) is 79.8 Å². The number of carbonyl (C=O) groups is 2. The molecule has 3 rings (SSSR count). The molecule has 2 amide bonds. The molecule has 0 bridgehead atoms. The Kier molecular flexibility index (Phi) is 10.7. The van der Waals surface area contributed by atoms with Crippen LogP contribution in [0, 0.1) is 6.92 Å². The van der Waals surface area contributed by atoms with Crippen molar-refractivity contribution < 1.29 is 14.3 Å². The number of amides is 2. The van der Waals surface area contributed by atoms with E-state index in [1.54, 1.807) is 36.5 Å². The highest BCUT2D eigenvalue weighted by molar-refractivity contribution is 6.09. The van der Waals surface area contributed by atoms with Crippen molar-refractivity contribution in [3.63, 3.8) is 0 Å². The van der Waals surface area contributed by atoms with Crippen LogP contribution < -0.4 is 15.5 Å². The Hall–Kier alpha value is -3.93. The molecule has 0 atom stereocenters. The first-order valence-electron chi connectivity index (χ1n) is 12.6. The highest BCUT2D eigenvalue weighted by atomic mass is 16.5. The van der Waals surface area contributed by atoms with Gasteiger partial charge in [0.2, 0.25) is 0 Å². The molecule has 3 aromatic rings. The van der Waals surface area contributed by atoms with Gasteiger partial charge in [0.1, 0.15) is 5.75 Å². The van der Waals surface area contributed by atoms with Crippen molar-refractivity contribution in [2.45, 2.75) is 52.4 Å². The number of hydrogen-bond acceptors (Lipinski definition) is 4. The smallest absolute Gasteiger partial charge is 0.273 e. The van der Waals surface area contributed by atoms with Crippen molar-refractivity contribution in [2.24, 2.45) is 5.10 Å². The zero-order chi connectivity index (χ0) is 25.6. The molecule has 0 unspecified atom stereocenters. The number of nitrogens with zero attached hydrogens (tertiary/aromatic N) is 1. The molecule has 0 aliphatic carbocycles. The van der Waals surface area contributed by atoms with E-state index in [9.17, 15) is 9.59 Å². The number of aryl methyl sites for hydroxylation is 1. The molecular weight excluding hydrogens is 450 g/mol. The number of rotatable bonds is 13. The summed E-state index contributed by atoms with van der Waals surface area (Å²) in [4.78, 5) is 25.4. The first-order chi connectivity index (χ1) is 17.6. The quantitative estimate of drug-likeness (QED) is 0.160. The largest absolute Gasteiger partial charge is 0.494 e. The van der Waals surface area contributed by atoms with Gasteiger partial charge in [0, 0.05) is 5.56 Å². The minimum atomic E-state index is -0.411. The summed E-state index contributed by atoms with van der Waals surface area (Å²) in [5.74, 6) is 0.143. The van der Waals surface area contributed by atoms with Gasteiger partial charge in [-0.15, -0.1) is 0 Å². The van der Waals surface area contributed by atoms with Crippen LogP contribution in [-0.4, -0.2) is 24.6 Å². The standard InChI is InChI=1S/C30H35N3O3/c1-3-4-5-6-7-12-21-36-25-19-17-24(18-20-25)22-31-33-30(35)27-15-10-11-16-28(27)32-29(34)26-14-9-8-13-23(26)2/h8-11,13-20,22H,3-7,12,21H2,1-2H3,(H,32,34)(H,33,35)/b31-22+. The third-order valence-corrected chi connectivity index (χ3v) is 5.84. The van der Waals surface area contributed by atoms with Crippen LogP contribution in [0.4, 0.5) is 5.69 Å². The van der Waals surface area contributed by atoms with E-state index in [1.165, 1.54) is 32.1 Å². The Balaban J connectivity index is 1.50. The lowest BCUT2D eigenvalue weighted by Gasteiger charge is -2.11. The van der Waals surface area contributed by atoms with Gasteiger partial charge in [0.15, 0.2) is 0 Å². The molecule has 0 radical (unpaired) electrons. The number of nitrogens with one attached hydrogen (secondary N) is 2. The fourth-order valence-corrected chi connectivity index (χ4v) is 3.76. The SMILES string of the molecule is CCCCCCCCOc1ccc(/C=N/NC(=O)c2ccccc2NC(=O)c2ccccc2C)cc1. The van der Waals surface area contributed by atoms with Crippen LogP contribution in [-0.2, 0) is 0 Å². The first kappa shape index (κ1) is 26.7. The molecule has 0 saturated heterocycles. The Morgan fingerprint density at radius 1 is 0.806 bits per heavy atom. The lowest BCUT2D eigenvalue weighted by Crippen LogP contribution is -2.21. The average Bonchev–Trinajstić information content (AvgIpc) is 2.89. The molecule has 0 fully saturated rings. The molecule has 188 valence electrons. The van der Waals surface area contributed by atoms with Crippen molar-refractivity contribution >= 4 is 23.7 Å². The van der Waals surface area contributed by atoms with Gasteiger partial charge in [-0.25, -0.2) is 5.43 Å². The van der Waals surface area contributed by atoms with Crippen molar-refractivity contribution in [3.8, 4) is 5.75 Å². The van der Waals surface area contributed by atoms with Gasteiger partial charge < -0.3 is 10.1 Å². The Labute approximate surface area is 213 Å². The molecule has 0 aliphatic rings. The third-order valence-electron chi connectivity index (χ3n) is 5.84. The summed E-state index contributed by atoms with van der Waals surface area (Å²) >= 11 is 0. The number of benzene rings is 3. The number of ether oxygens (including phenoxy) is 1. The van der Waals surface area contributed by atoms with Crippen molar-refractivity contribution in [3.05, 3.63) is 95.1 Å². The summed E-state index contributed by atoms with van der Waals surface area (Å²) in [5.41, 5.74) is 5.55. The van der Waals surface area contributed by atoms with Gasteiger partial charge in [-0.2, -0.15) is 5.10 Å². The maximum absolute atomic E-state index is 12.7. The van der Waals surface area contributed by atoms with Crippen LogP contribution in [0.3, 0.4) is 0 Å². The monoisotopic (exact) mass is 485 g/mol. The first-order valence-corrected chi connectivity index (χ1v) is 12.6. The van der Waals surface area contributed by atoms with Crippen molar-refractivity contribution in [2.75, 3.05) is 11.9 Å². The van der Waals surface area contributed by atoms with E-state index in [0.717, 1.165) is 29.9 Å². The Morgan fingerprint density at radius 2 is 1.47 bits per heavy atom. The molecular formula is C30H35N3O3. The zero-order valence-electron chi connectivity index (χ0n) is 21.1. The van der Waals surface area contributed by atoms with Gasteiger partial charge in [0.25, 0.3) is 11.8 Å². The van der Waals surface area contributed by atoms with Crippen LogP contribution in [0.1, 0.15) is 77.3 Å². The van der Waals surface area contributed by atoms with Gasteiger partial charge >= 0.3 is 0 Å². The fraction of sp³-hybridized carbons (Fsp3) is 0.300. The Morgan fingerprint density at radius 3 is 2.22 bits per heavy atom. The molecule has 0 aromatic heterocycles. The van der Waals surface area contributed by atoms with E-state index in [4.69, 9.17) is 4.74 Å². The van der Waals surface area contributed by atoms with Crippen LogP contribution in [0.15, 0.2) is 77.9 Å². The highest BCUT2D eigenvalue weighted by Gasteiger charge is 2.14. The van der Waals surface area contributed by atoms with Gasteiger partial charge in [-0.05, 0) is 66.9 Å². The number of unbranched alkanes of at least 4 members (excludes halogenated alkanes) is 5. The number of carbonyl (C=O) groups excluding carboxylic acids is 2. The molecule has 3 aromatic carbocycles. The lowest BCUT2D eigenvalue weighted by molar-refractivity contribution is 0.0956. The minimum Gasteiger partial charge on any atom is -0.494 e. The maximum atomic E-state index is 12.7. The second-order valence-corrected chi connectivity index (χ2v) is 8.70. The number of hydrogen-bond donors (Lipinski definition) is 2. The van der Waals surface area contributed by atoms with Crippen LogP contribution in [0.2, 0.25) is 0 Å². The molecule has 0 heterocycles. The number of anilines is 1. The van der Waals surface area contributed by atoms with E-state index in [-0.39, 0.29) is 5.91 Å². The predicted octanol–water partition coefficient (Wildman–Crippen LogP) is 6.75. The highest BCUT2D eigenvalue weighted by Crippen LogP contribution is 2.18. The summed E-state index contributed by atoms with van der Waals surface area (Å²) in [6, 6.07) is 21.7. The molecule has 0 spiro atoms. The van der Waals surface area contributed by atoms with Crippen LogP contribution in [0.25, 0.3) is 0 Å². The van der Waals surface area contributed by atoms with E-state index in [0.29, 0.717) is 16.8 Å². The van der Waals surface area contributed by atoms with E-state index in [1.807, 2.05) is 49.4 Å². The second kappa shape index (κ2) is 14.5. The normalized spacial score (nSPS) is 10.8. The average molecular weight is 486 g/mol. The molecule has 0 aliphatic heterocycles. The molecule has 0 saturated carbocycles. The van der Waals surface area contributed by atoms with Gasteiger partial charge in [0.05, 0.1) is 24.1 Å². The third kappa shape index (κ3) is 8.38. The zero-order valence-corrected chi connectivity index (χ0v) is 21.1. The van der Waals surface area contributed by atoms with Crippen molar-refractivity contribution in [1.82, 2.24) is 5.43 Å². The van der Waals surface area contributed by atoms with Crippen LogP contribution >= 0.6 is 0 Å². The van der Waals surface area contributed by atoms with Crippen LogP contribution in [0.5, 0.6) is 5.75 Å². The summed E-state index contributed by atoms with van der Waals surface area (Å²) < 4.78 is 5.80. The summed E-state index contributed by atoms with van der Waals surface area (Å²) in [6.45, 7) is 4.81. The summed E-state index contributed by atoms with van der Waals surface area (Å²) in [7, 11) is 0. The van der Waals surface area contributed by atoms with E-state index >= 15 is 0 Å². The van der Waals surface area contributed by atoms with Gasteiger partial charge in [-0.1, -0.05) is 69.4 Å². The number of hydrazone groups is 1. The number of para-hydroxylation sites is 1. The summed E-state index contributed by atoms with van der Waals surface area (Å²) in [5, 5.41) is 6.90. The van der Waals surface area contributed by atoms with E-state index < -0.39 is 5.91 Å². The van der Waals surface area contributed by atoms with Crippen molar-refractivity contribution in [1.29, 1.82) is 0 Å². The fourth-order valence-electron chi connectivity index (χ4n) is 3.76.